The van der Waals surface area contributed by atoms with Crippen molar-refractivity contribution in [3.05, 3.63) is 83.3 Å². The summed E-state index contributed by atoms with van der Waals surface area (Å²) in [5.41, 5.74) is 6.84. The Kier molecular flexibility index (Phi) is 7.15. The molecular formula is C31H33N7O2. The van der Waals surface area contributed by atoms with Gasteiger partial charge < -0.3 is 19.9 Å². The van der Waals surface area contributed by atoms with Crippen LogP contribution in [0.5, 0.6) is 0 Å². The van der Waals surface area contributed by atoms with Crippen LogP contribution in [0.3, 0.4) is 0 Å². The van der Waals surface area contributed by atoms with E-state index in [0.717, 1.165) is 78.4 Å². The number of ether oxygens (including phenoxy) is 1. The Morgan fingerprint density at radius 1 is 1.00 bits per heavy atom. The molecular weight excluding hydrogens is 502 g/mol. The van der Waals surface area contributed by atoms with Crippen molar-refractivity contribution in [3.8, 4) is 0 Å². The molecule has 0 spiro atoms. The van der Waals surface area contributed by atoms with E-state index in [9.17, 15) is 4.79 Å². The standard InChI is InChI=1S/C31H33N7O2/c1-4-38-21(3)33-29-26(35-30(39)23-10-8-22(9-11-23)19-37-12-14-40-15-13-37)16-25(17-27(29)38)34-31-32-18-24-7-5-6-20(2)28(24)36-31/h5-11,16-18H,4,12-15,19H2,1-3H3,(H,35,39)(H,32,34,36). The first-order valence-corrected chi connectivity index (χ1v) is 13.7. The number of imidazole rings is 1. The normalized spacial score (nSPS) is 14.1. The quantitative estimate of drug-likeness (QED) is 0.286. The maximum absolute atomic E-state index is 13.4. The zero-order valence-corrected chi connectivity index (χ0v) is 23.1. The number of fused-ring (bicyclic) bond motifs is 2. The third-order valence-electron chi connectivity index (χ3n) is 7.40. The summed E-state index contributed by atoms with van der Waals surface area (Å²) >= 11 is 0. The third-order valence-corrected chi connectivity index (χ3v) is 7.40. The lowest BCUT2D eigenvalue weighted by atomic mass is 10.1. The Labute approximate surface area is 233 Å². The lowest BCUT2D eigenvalue weighted by Gasteiger charge is -2.26. The molecule has 1 aliphatic heterocycles. The SMILES string of the molecule is CCn1c(C)nc2c(NC(=O)c3ccc(CN4CCOCC4)cc3)cc(Nc3ncc4cccc(C)c4n3)cc21. The van der Waals surface area contributed by atoms with E-state index in [2.05, 4.69) is 32.0 Å². The van der Waals surface area contributed by atoms with E-state index >= 15 is 0 Å². The molecule has 0 bridgehead atoms. The van der Waals surface area contributed by atoms with Crippen molar-refractivity contribution < 1.29 is 9.53 Å². The molecule has 2 aromatic heterocycles. The number of nitrogens with one attached hydrogen (secondary N) is 2. The van der Waals surface area contributed by atoms with Crippen LogP contribution >= 0.6 is 0 Å². The number of carbonyl (C=O) groups is 1. The predicted octanol–water partition coefficient (Wildman–Crippen LogP) is 5.44. The van der Waals surface area contributed by atoms with Gasteiger partial charge in [-0.05, 0) is 56.2 Å². The first-order valence-electron chi connectivity index (χ1n) is 13.7. The summed E-state index contributed by atoms with van der Waals surface area (Å²) < 4.78 is 7.57. The fraction of sp³-hybridized carbons (Fsp3) is 0.290. The van der Waals surface area contributed by atoms with Crippen LogP contribution in [0.4, 0.5) is 17.3 Å². The first-order chi connectivity index (χ1) is 19.5. The van der Waals surface area contributed by atoms with Gasteiger partial charge in [-0.3, -0.25) is 9.69 Å². The van der Waals surface area contributed by atoms with Gasteiger partial charge in [0.1, 0.15) is 11.3 Å². The first kappa shape index (κ1) is 25.9. The number of aryl methyl sites for hydroxylation is 3. The number of hydrogen-bond donors (Lipinski definition) is 2. The molecule has 0 radical (unpaired) electrons. The molecule has 1 fully saturated rings. The minimum Gasteiger partial charge on any atom is -0.379 e. The average Bonchev–Trinajstić information content (AvgIpc) is 3.29. The van der Waals surface area contributed by atoms with Crippen LogP contribution in [-0.4, -0.2) is 56.6 Å². The summed E-state index contributed by atoms with van der Waals surface area (Å²) in [5.74, 6) is 1.20. The van der Waals surface area contributed by atoms with Crippen molar-refractivity contribution in [2.24, 2.45) is 0 Å². The van der Waals surface area contributed by atoms with Crippen molar-refractivity contribution >= 4 is 45.2 Å². The van der Waals surface area contributed by atoms with Crippen LogP contribution in [0, 0.1) is 13.8 Å². The second-order valence-corrected chi connectivity index (χ2v) is 10.2. The second kappa shape index (κ2) is 11.0. The summed E-state index contributed by atoms with van der Waals surface area (Å²) in [6, 6.07) is 17.8. The summed E-state index contributed by atoms with van der Waals surface area (Å²) in [6.45, 7) is 11.1. The van der Waals surface area contributed by atoms with Crippen LogP contribution in [-0.2, 0) is 17.8 Å². The topological polar surface area (TPSA) is 97.2 Å². The monoisotopic (exact) mass is 535 g/mol. The summed E-state index contributed by atoms with van der Waals surface area (Å²) in [6.07, 6.45) is 1.82. The fourth-order valence-corrected chi connectivity index (χ4v) is 5.27. The number of carbonyl (C=O) groups excluding carboxylic acids is 1. The zero-order valence-electron chi connectivity index (χ0n) is 23.1. The lowest BCUT2D eigenvalue weighted by molar-refractivity contribution is 0.0342. The number of anilines is 3. The number of aromatic nitrogens is 4. The smallest absolute Gasteiger partial charge is 0.255 e. The number of rotatable bonds is 7. The molecule has 1 amide bonds. The molecule has 3 heterocycles. The summed E-state index contributed by atoms with van der Waals surface area (Å²) in [5, 5.41) is 7.45. The van der Waals surface area contributed by atoms with E-state index in [-0.39, 0.29) is 5.91 Å². The highest BCUT2D eigenvalue weighted by Gasteiger charge is 2.17. The van der Waals surface area contributed by atoms with Crippen molar-refractivity contribution in [2.45, 2.75) is 33.9 Å². The third kappa shape index (κ3) is 5.25. The van der Waals surface area contributed by atoms with Crippen LogP contribution < -0.4 is 10.6 Å². The van der Waals surface area contributed by atoms with Crippen LogP contribution in [0.25, 0.3) is 21.9 Å². The maximum atomic E-state index is 13.4. The molecule has 3 aromatic carbocycles. The lowest BCUT2D eigenvalue weighted by Crippen LogP contribution is -2.35. The molecule has 0 saturated carbocycles. The highest BCUT2D eigenvalue weighted by Crippen LogP contribution is 2.31. The second-order valence-electron chi connectivity index (χ2n) is 10.2. The highest BCUT2D eigenvalue weighted by molar-refractivity contribution is 6.09. The number of hydrogen-bond acceptors (Lipinski definition) is 7. The van der Waals surface area contributed by atoms with Gasteiger partial charge in [-0.15, -0.1) is 0 Å². The highest BCUT2D eigenvalue weighted by atomic mass is 16.5. The van der Waals surface area contributed by atoms with Gasteiger partial charge in [0, 0.05) is 49.0 Å². The number of amides is 1. The Hall–Kier alpha value is -4.34. The van der Waals surface area contributed by atoms with Crippen molar-refractivity contribution in [1.29, 1.82) is 0 Å². The summed E-state index contributed by atoms with van der Waals surface area (Å²) in [7, 11) is 0. The van der Waals surface area contributed by atoms with Crippen LogP contribution in [0.2, 0.25) is 0 Å². The van der Waals surface area contributed by atoms with E-state index in [0.29, 0.717) is 17.2 Å². The van der Waals surface area contributed by atoms with E-state index in [1.165, 1.54) is 5.56 Å². The largest absolute Gasteiger partial charge is 0.379 e. The Balaban J connectivity index is 1.28. The van der Waals surface area contributed by atoms with Crippen molar-refractivity contribution in [3.63, 3.8) is 0 Å². The molecule has 2 N–H and O–H groups in total. The number of nitrogens with zero attached hydrogens (tertiary/aromatic N) is 5. The van der Waals surface area contributed by atoms with Gasteiger partial charge in [0.2, 0.25) is 5.95 Å². The molecule has 0 atom stereocenters. The van der Waals surface area contributed by atoms with Gasteiger partial charge in [0.25, 0.3) is 5.91 Å². The van der Waals surface area contributed by atoms with Gasteiger partial charge in [0.15, 0.2) is 0 Å². The van der Waals surface area contributed by atoms with E-state index in [1.54, 1.807) is 0 Å². The van der Waals surface area contributed by atoms with Crippen LogP contribution in [0.1, 0.15) is 34.2 Å². The Morgan fingerprint density at radius 3 is 2.58 bits per heavy atom. The van der Waals surface area contributed by atoms with Crippen molar-refractivity contribution in [1.82, 2.24) is 24.4 Å². The van der Waals surface area contributed by atoms with E-state index in [1.807, 2.05) is 74.6 Å². The number of para-hydroxylation sites is 1. The number of morpholine rings is 1. The molecule has 1 saturated heterocycles. The Morgan fingerprint density at radius 2 is 1.80 bits per heavy atom. The minimum absolute atomic E-state index is 0.183. The molecule has 40 heavy (non-hydrogen) atoms. The fourth-order valence-electron chi connectivity index (χ4n) is 5.27. The maximum Gasteiger partial charge on any atom is 0.255 e. The van der Waals surface area contributed by atoms with Gasteiger partial charge >= 0.3 is 0 Å². The molecule has 1 aliphatic rings. The van der Waals surface area contributed by atoms with Crippen molar-refractivity contribution in [2.75, 3.05) is 36.9 Å². The van der Waals surface area contributed by atoms with Gasteiger partial charge in [-0.25, -0.2) is 15.0 Å². The Bertz CT molecular complexity index is 1690. The van der Waals surface area contributed by atoms with E-state index < -0.39 is 0 Å². The molecule has 204 valence electrons. The molecule has 0 aliphatic carbocycles. The molecule has 0 unspecified atom stereocenters. The molecule has 5 aromatic rings. The predicted molar refractivity (Wildman–Crippen MR) is 158 cm³/mol. The van der Waals surface area contributed by atoms with Crippen LogP contribution in [0.15, 0.2) is 60.8 Å². The molecule has 6 rings (SSSR count). The van der Waals surface area contributed by atoms with Gasteiger partial charge in [-0.1, -0.05) is 30.3 Å². The zero-order chi connectivity index (χ0) is 27.6. The van der Waals surface area contributed by atoms with Gasteiger partial charge in [0.05, 0.1) is 29.9 Å². The van der Waals surface area contributed by atoms with E-state index in [4.69, 9.17) is 14.7 Å². The van der Waals surface area contributed by atoms with Gasteiger partial charge in [-0.2, -0.15) is 0 Å². The number of benzene rings is 3. The molecule has 9 nitrogen and oxygen atoms in total. The minimum atomic E-state index is -0.183. The summed E-state index contributed by atoms with van der Waals surface area (Å²) in [4.78, 5) is 29.8. The average molecular weight is 536 g/mol. The molecule has 9 heteroatoms.